The molecule has 0 bridgehead atoms. The van der Waals surface area contributed by atoms with Crippen molar-refractivity contribution in [3.63, 3.8) is 0 Å². The van der Waals surface area contributed by atoms with Crippen LogP contribution in [0.4, 0.5) is 8.78 Å². The molecule has 2 aliphatic heterocycles. The summed E-state index contributed by atoms with van der Waals surface area (Å²) < 4.78 is 33.9. The van der Waals surface area contributed by atoms with E-state index in [9.17, 15) is 13.6 Å². The molecule has 0 aliphatic carbocycles. The molecule has 0 fully saturated rings. The lowest BCUT2D eigenvalue weighted by molar-refractivity contribution is -0.135. The van der Waals surface area contributed by atoms with Crippen molar-refractivity contribution < 1.29 is 18.3 Å². The second-order valence-electron chi connectivity index (χ2n) is 6.82. The van der Waals surface area contributed by atoms with Crippen LogP contribution >= 0.6 is 11.8 Å². The number of carbonyl (C=O) groups is 1. The van der Waals surface area contributed by atoms with Crippen LogP contribution in [0.1, 0.15) is 43.7 Å². The maximum atomic E-state index is 14.4. The SMILES string of the molecule is CCCCC(=O)N1N=C(c2cc(F)ccc2F)SC12CCOc1ccccc12. The van der Waals surface area contributed by atoms with Gasteiger partial charge in [0.1, 0.15) is 27.3 Å². The topological polar surface area (TPSA) is 41.9 Å². The fourth-order valence-electron chi connectivity index (χ4n) is 3.53. The Morgan fingerprint density at radius 2 is 2.11 bits per heavy atom. The maximum Gasteiger partial charge on any atom is 0.244 e. The van der Waals surface area contributed by atoms with Crippen LogP contribution in [0, 0.1) is 11.6 Å². The predicted octanol–water partition coefficient (Wildman–Crippen LogP) is 5.03. The Kier molecular flexibility index (Phi) is 5.10. The summed E-state index contributed by atoms with van der Waals surface area (Å²) in [5, 5.41) is 6.26. The van der Waals surface area contributed by atoms with E-state index in [2.05, 4.69) is 5.10 Å². The molecule has 2 aliphatic rings. The molecule has 0 radical (unpaired) electrons. The Hall–Kier alpha value is -2.41. The van der Waals surface area contributed by atoms with Crippen molar-refractivity contribution in [3.8, 4) is 5.75 Å². The molecule has 1 spiro atoms. The zero-order chi connectivity index (χ0) is 19.7. The van der Waals surface area contributed by atoms with E-state index in [1.165, 1.54) is 16.8 Å². The highest BCUT2D eigenvalue weighted by atomic mass is 32.2. The number of para-hydroxylation sites is 1. The number of hydrogen-bond acceptors (Lipinski definition) is 4. The van der Waals surface area contributed by atoms with E-state index in [-0.39, 0.29) is 11.5 Å². The van der Waals surface area contributed by atoms with Gasteiger partial charge in [-0.15, -0.1) is 0 Å². The highest BCUT2D eigenvalue weighted by molar-refractivity contribution is 8.15. The van der Waals surface area contributed by atoms with Gasteiger partial charge in [-0.3, -0.25) is 4.79 Å². The van der Waals surface area contributed by atoms with Gasteiger partial charge in [-0.05, 0) is 30.7 Å². The number of fused-ring (bicyclic) bond motifs is 2. The molecule has 146 valence electrons. The second kappa shape index (κ2) is 7.54. The number of unbranched alkanes of at least 4 members (excludes halogenated alkanes) is 1. The molecule has 7 heteroatoms. The number of hydrogen-bond donors (Lipinski definition) is 0. The summed E-state index contributed by atoms with van der Waals surface area (Å²) in [6.07, 6.45) is 2.49. The van der Waals surface area contributed by atoms with Crippen molar-refractivity contribution in [2.45, 2.75) is 37.5 Å². The van der Waals surface area contributed by atoms with E-state index in [1.54, 1.807) is 0 Å². The van der Waals surface area contributed by atoms with E-state index >= 15 is 0 Å². The minimum absolute atomic E-state index is 0.0686. The molecule has 1 atom stereocenters. The quantitative estimate of drug-likeness (QED) is 0.721. The molecule has 1 unspecified atom stereocenters. The van der Waals surface area contributed by atoms with Crippen LogP contribution in [0.2, 0.25) is 0 Å². The summed E-state index contributed by atoms with van der Waals surface area (Å²) in [6.45, 7) is 2.43. The Morgan fingerprint density at radius 3 is 2.93 bits per heavy atom. The van der Waals surface area contributed by atoms with Gasteiger partial charge in [0, 0.05) is 24.0 Å². The van der Waals surface area contributed by atoms with Gasteiger partial charge in [0.15, 0.2) is 0 Å². The lowest BCUT2D eigenvalue weighted by Gasteiger charge is -2.39. The summed E-state index contributed by atoms with van der Waals surface area (Å²) in [4.78, 5) is 12.2. The van der Waals surface area contributed by atoms with Gasteiger partial charge in [-0.2, -0.15) is 5.10 Å². The Bertz CT molecular complexity index is 950. The van der Waals surface area contributed by atoms with E-state index < -0.39 is 16.5 Å². The molecule has 0 N–H and O–H groups in total. The first kappa shape index (κ1) is 18.9. The molecule has 0 saturated carbocycles. The molecule has 4 rings (SSSR count). The number of thioether (sulfide) groups is 1. The van der Waals surface area contributed by atoms with Gasteiger partial charge in [0.2, 0.25) is 5.91 Å². The average molecular weight is 402 g/mol. The molecule has 4 nitrogen and oxygen atoms in total. The molecule has 1 amide bonds. The molecule has 0 saturated heterocycles. The summed E-state index contributed by atoms with van der Waals surface area (Å²) in [6, 6.07) is 10.8. The van der Waals surface area contributed by atoms with Gasteiger partial charge in [0.05, 0.1) is 6.61 Å². The van der Waals surface area contributed by atoms with Crippen LogP contribution in [0.25, 0.3) is 0 Å². The lowest BCUT2D eigenvalue weighted by atomic mass is 9.98. The Labute approximate surface area is 166 Å². The van der Waals surface area contributed by atoms with E-state index in [0.717, 1.165) is 36.6 Å². The third-order valence-electron chi connectivity index (χ3n) is 4.94. The van der Waals surface area contributed by atoms with Crippen molar-refractivity contribution >= 4 is 22.7 Å². The molecule has 2 aromatic rings. The summed E-state index contributed by atoms with van der Waals surface area (Å²) in [5.41, 5.74) is 0.894. The van der Waals surface area contributed by atoms with E-state index in [4.69, 9.17) is 4.74 Å². The number of rotatable bonds is 4. The first-order valence-corrected chi connectivity index (χ1v) is 10.2. The van der Waals surface area contributed by atoms with Crippen LogP contribution in [0.15, 0.2) is 47.6 Å². The van der Waals surface area contributed by atoms with Gasteiger partial charge in [-0.25, -0.2) is 13.8 Å². The number of carbonyl (C=O) groups excluding carboxylic acids is 1. The maximum absolute atomic E-state index is 14.4. The normalized spacial score (nSPS) is 20.7. The lowest BCUT2D eigenvalue weighted by Crippen LogP contribution is -2.44. The standard InChI is InChI=1S/C21H20F2N2O2S/c1-2-3-8-19(26)25-21(11-12-27-18-7-5-4-6-16(18)21)28-20(24-25)15-13-14(22)9-10-17(15)23/h4-7,9-10,13H,2-3,8,11-12H2,1H3. The number of hydrazone groups is 1. The summed E-state index contributed by atoms with van der Waals surface area (Å²) >= 11 is 1.29. The summed E-state index contributed by atoms with van der Waals surface area (Å²) in [7, 11) is 0. The molecule has 0 aromatic heterocycles. The van der Waals surface area contributed by atoms with Crippen molar-refractivity contribution in [2.24, 2.45) is 5.10 Å². The molecule has 28 heavy (non-hydrogen) atoms. The van der Waals surface area contributed by atoms with Crippen LogP contribution in [-0.4, -0.2) is 22.6 Å². The van der Waals surface area contributed by atoms with Crippen LogP contribution in [0.3, 0.4) is 0 Å². The third kappa shape index (κ3) is 3.17. The second-order valence-corrected chi connectivity index (χ2v) is 8.09. The average Bonchev–Trinajstić information content (AvgIpc) is 3.08. The van der Waals surface area contributed by atoms with Gasteiger partial charge >= 0.3 is 0 Å². The van der Waals surface area contributed by atoms with Crippen LogP contribution < -0.4 is 4.74 Å². The summed E-state index contributed by atoms with van der Waals surface area (Å²) in [5.74, 6) is -0.550. The molecule has 2 aromatic carbocycles. The molecule has 2 heterocycles. The van der Waals surface area contributed by atoms with Crippen molar-refractivity contribution in [2.75, 3.05) is 6.61 Å². The first-order valence-electron chi connectivity index (χ1n) is 9.33. The predicted molar refractivity (Wildman–Crippen MR) is 105 cm³/mol. The highest BCUT2D eigenvalue weighted by Gasteiger charge is 2.51. The van der Waals surface area contributed by atoms with Gasteiger partial charge in [0.25, 0.3) is 0 Å². The Morgan fingerprint density at radius 1 is 1.29 bits per heavy atom. The van der Waals surface area contributed by atoms with E-state index in [0.29, 0.717) is 30.2 Å². The smallest absolute Gasteiger partial charge is 0.244 e. The van der Waals surface area contributed by atoms with Crippen molar-refractivity contribution in [1.82, 2.24) is 5.01 Å². The highest BCUT2D eigenvalue weighted by Crippen LogP contribution is 2.54. The van der Waals surface area contributed by atoms with Crippen LogP contribution in [-0.2, 0) is 9.67 Å². The minimum Gasteiger partial charge on any atom is -0.493 e. The molecular formula is C21H20F2N2O2S. The van der Waals surface area contributed by atoms with E-state index in [1.807, 2.05) is 31.2 Å². The largest absolute Gasteiger partial charge is 0.493 e. The first-order chi connectivity index (χ1) is 13.5. The zero-order valence-corrected chi connectivity index (χ0v) is 16.3. The molecular weight excluding hydrogens is 382 g/mol. The van der Waals surface area contributed by atoms with Crippen molar-refractivity contribution in [3.05, 3.63) is 65.2 Å². The monoisotopic (exact) mass is 402 g/mol. The Balaban J connectivity index is 1.81. The van der Waals surface area contributed by atoms with Gasteiger partial charge < -0.3 is 4.74 Å². The number of halogens is 2. The zero-order valence-electron chi connectivity index (χ0n) is 15.5. The number of nitrogens with zero attached hydrogens (tertiary/aromatic N) is 2. The number of ether oxygens (including phenoxy) is 1. The van der Waals surface area contributed by atoms with Crippen LogP contribution in [0.5, 0.6) is 5.75 Å². The fraction of sp³-hybridized carbons (Fsp3) is 0.333. The van der Waals surface area contributed by atoms with Crippen molar-refractivity contribution in [1.29, 1.82) is 0 Å². The number of amides is 1. The number of benzene rings is 2. The third-order valence-corrected chi connectivity index (χ3v) is 6.37. The minimum atomic E-state index is -0.812. The van der Waals surface area contributed by atoms with Gasteiger partial charge in [-0.1, -0.05) is 43.3 Å². The fourth-order valence-corrected chi connectivity index (χ4v) is 4.93.